The van der Waals surface area contributed by atoms with E-state index in [-0.39, 0.29) is 5.75 Å². The molecule has 2 atom stereocenters. The van der Waals surface area contributed by atoms with Crippen LogP contribution in [0.1, 0.15) is 44.2 Å². The number of likely N-dealkylation sites (tertiary alicyclic amines) is 1. The summed E-state index contributed by atoms with van der Waals surface area (Å²) in [5.41, 5.74) is 11.1. The van der Waals surface area contributed by atoms with Crippen molar-refractivity contribution in [3.8, 4) is 28.8 Å². The number of nitrogens with zero attached hydrogens (tertiary/aromatic N) is 6. The standard InChI is InChI=1S/C31H35N7O/c32-30-28(18-27(34-35-30)26-6-1-2-7-29(26)39)37-19-24-8-9-25(20-37)38(24)23-10-14-33-22(17-23)5-3-15-36-16-13-31(21-36)11-4-12-31/h1-2,6-7,10,14,17-18,24-25,39H,4,8-9,11-13,15-16,19-21H2,(H2,32,35). The van der Waals surface area contributed by atoms with E-state index < -0.39 is 0 Å². The number of hydrogen-bond acceptors (Lipinski definition) is 8. The Bertz CT molecular complexity index is 1430. The van der Waals surface area contributed by atoms with Crippen molar-refractivity contribution < 1.29 is 5.11 Å². The van der Waals surface area contributed by atoms with E-state index in [1.165, 1.54) is 44.5 Å². The lowest BCUT2D eigenvalue weighted by molar-refractivity contribution is 0.143. The first-order valence-electron chi connectivity index (χ1n) is 14.2. The number of piperazine rings is 1. The van der Waals surface area contributed by atoms with E-state index in [2.05, 4.69) is 53.9 Å². The van der Waals surface area contributed by atoms with Gasteiger partial charge >= 0.3 is 0 Å². The highest BCUT2D eigenvalue weighted by atomic mass is 16.3. The zero-order valence-electron chi connectivity index (χ0n) is 22.3. The molecule has 3 N–H and O–H groups in total. The van der Waals surface area contributed by atoms with Gasteiger partial charge in [0, 0.05) is 49.2 Å². The average molecular weight is 522 g/mol. The van der Waals surface area contributed by atoms with Gasteiger partial charge in [0.2, 0.25) is 0 Å². The molecule has 8 nitrogen and oxygen atoms in total. The molecule has 0 radical (unpaired) electrons. The van der Waals surface area contributed by atoms with Gasteiger partial charge in [-0.1, -0.05) is 24.5 Å². The van der Waals surface area contributed by atoms with Crippen LogP contribution in [0, 0.1) is 17.3 Å². The van der Waals surface area contributed by atoms with Gasteiger partial charge < -0.3 is 20.6 Å². The number of para-hydroxylation sites is 1. The van der Waals surface area contributed by atoms with Gasteiger partial charge in [-0.05, 0) is 80.3 Å². The molecular formula is C31H35N7O. The third kappa shape index (κ3) is 4.55. The quantitative estimate of drug-likeness (QED) is 0.499. The number of nitrogen functional groups attached to an aromatic ring is 1. The molecular weight excluding hydrogens is 486 g/mol. The number of rotatable bonds is 4. The van der Waals surface area contributed by atoms with Gasteiger partial charge in [-0.2, -0.15) is 0 Å². The molecule has 1 spiro atoms. The molecule has 7 rings (SSSR count). The number of anilines is 3. The Morgan fingerprint density at radius 3 is 2.59 bits per heavy atom. The average Bonchev–Trinajstić information content (AvgIpc) is 3.48. The van der Waals surface area contributed by atoms with Gasteiger partial charge in [0.25, 0.3) is 0 Å². The van der Waals surface area contributed by atoms with E-state index in [4.69, 9.17) is 5.73 Å². The Morgan fingerprint density at radius 1 is 1.03 bits per heavy atom. The summed E-state index contributed by atoms with van der Waals surface area (Å²) in [6.45, 7) is 4.94. The van der Waals surface area contributed by atoms with Crippen molar-refractivity contribution in [3.63, 3.8) is 0 Å². The maximum atomic E-state index is 10.3. The Kier molecular flexibility index (Phi) is 6.04. The maximum Gasteiger partial charge on any atom is 0.169 e. The summed E-state index contributed by atoms with van der Waals surface area (Å²) in [5, 5.41) is 18.8. The number of pyridine rings is 1. The van der Waals surface area contributed by atoms with E-state index in [1.54, 1.807) is 12.1 Å². The summed E-state index contributed by atoms with van der Waals surface area (Å²) in [6, 6.07) is 14.2. The molecule has 200 valence electrons. The summed E-state index contributed by atoms with van der Waals surface area (Å²) in [4.78, 5) is 12.0. The summed E-state index contributed by atoms with van der Waals surface area (Å²) in [5.74, 6) is 7.35. The highest BCUT2D eigenvalue weighted by Crippen LogP contribution is 2.47. The molecule has 1 saturated carbocycles. The van der Waals surface area contributed by atoms with Crippen LogP contribution >= 0.6 is 0 Å². The third-order valence-electron chi connectivity index (χ3n) is 9.30. The van der Waals surface area contributed by atoms with Crippen LogP contribution in [0.25, 0.3) is 11.3 Å². The zero-order chi connectivity index (χ0) is 26.4. The molecule has 2 bridgehead atoms. The van der Waals surface area contributed by atoms with Crippen LogP contribution in [0.3, 0.4) is 0 Å². The maximum absolute atomic E-state index is 10.3. The molecule has 8 heteroatoms. The minimum absolute atomic E-state index is 0.187. The Morgan fingerprint density at radius 2 is 1.85 bits per heavy atom. The molecule has 4 aliphatic rings. The van der Waals surface area contributed by atoms with Crippen molar-refractivity contribution >= 4 is 17.2 Å². The smallest absolute Gasteiger partial charge is 0.169 e. The number of phenols is 1. The Balaban J connectivity index is 1.06. The first kappa shape index (κ1) is 24.2. The zero-order valence-corrected chi connectivity index (χ0v) is 22.3. The lowest BCUT2D eigenvalue weighted by atomic mass is 9.68. The molecule has 2 unspecified atom stereocenters. The van der Waals surface area contributed by atoms with Crippen LogP contribution in [-0.2, 0) is 0 Å². The van der Waals surface area contributed by atoms with Crippen molar-refractivity contribution in [2.75, 3.05) is 48.3 Å². The van der Waals surface area contributed by atoms with E-state index >= 15 is 0 Å². The second-order valence-electron chi connectivity index (χ2n) is 11.7. The predicted octanol–water partition coefficient (Wildman–Crippen LogP) is 3.91. The second-order valence-corrected chi connectivity index (χ2v) is 11.7. The second kappa shape index (κ2) is 9.73. The van der Waals surface area contributed by atoms with Gasteiger partial charge in [0.05, 0.1) is 17.9 Å². The number of phenolic OH excluding ortho intramolecular Hbond substituents is 1. The molecule has 2 aromatic heterocycles. The normalized spacial score (nSPS) is 23.5. The molecule has 1 aliphatic carbocycles. The monoisotopic (exact) mass is 521 g/mol. The highest BCUT2D eigenvalue weighted by Gasteiger charge is 2.42. The minimum Gasteiger partial charge on any atom is -0.507 e. The molecule has 3 aromatic rings. The fourth-order valence-corrected chi connectivity index (χ4v) is 7.13. The van der Waals surface area contributed by atoms with Gasteiger partial charge in [0.15, 0.2) is 5.82 Å². The van der Waals surface area contributed by atoms with Gasteiger partial charge in [-0.15, -0.1) is 10.2 Å². The number of aromatic hydroxyl groups is 1. The summed E-state index contributed by atoms with van der Waals surface area (Å²) >= 11 is 0. The highest BCUT2D eigenvalue weighted by molar-refractivity contribution is 5.74. The van der Waals surface area contributed by atoms with Crippen molar-refractivity contribution in [3.05, 3.63) is 54.4 Å². The van der Waals surface area contributed by atoms with Gasteiger partial charge in [-0.25, -0.2) is 4.98 Å². The van der Waals surface area contributed by atoms with E-state index in [0.717, 1.165) is 43.9 Å². The number of benzene rings is 1. The Labute approximate surface area is 229 Å². The van der Waals surface area contributed by atoms with Crippen LogP contribution in [0.2, 0.25) is 0 Å². The summed E-state index contributed by atoms with van der Waals surface area (Å²) < 4.78 is 0. The van der Waals surface area contributed by atoms with Crippen LogP contribution < -0.4 is 15.5 Å². The van der Waals surface area contributed by atoms with Crippen LogP contribution in [0.15, 0.2) is 48.7 Å². The van der Waals surface area contributed by atoms with Crippen molar-refractivity contribution in [1.82, 2.24) is 20.1 Å². The molecule has 39 heavy (non-hydrogen) atoms. The third-order valence-corrected chi connectivity index (χ3v) is 9.30. The topological polar surface area (TPSA) is 94.6 Å². The van der Waals surface area contributed by atoms with Crippen LogP contribution in [-0.4, -0.2) is 70.0 Å². The fraction of sp³-hybridized carbons (Fsp3) is 0.452. The minimum atomic E-state index is 0.187. The summed E-state index contributed by atoms with van der Waals surface area (Å²) in [7, 11) is 0. The Hall–Kier alpha value is -3.83. The van der Waals surface area contributed by atoms with Gasteiger partial charge in [0.1, 0.15) is 11.4 Å². The van der Waals surface area contributed by atoms with E-state index in [9.17, 15) is 5.11 Å². The molecule has 3 saturated heterocycles. The van der Waals surface area contributed by atoms with Crippen molar-refractivity contribution in [2.45, 2.75) is 50.6 Å². The number of fused-ring (bicyclic) bond motifs is 2. The first-order chi connectivity index (χ1) is 19.1. The van der Waals surface area contributed by atoms with E-state index in [1.807, 2.05) is 24.4 Å². The largest absolute Gasteiger partial charge is 0.507 e. The fourth-order valence-electron chi connectivity index (χ4n) is 7.13. The molecule has 5 heterocycles. The lowest BCUT2D eigenvalue weighted by Gasteiger charge is -2.43. The van der Waals surface area contributed by atoms with E-state index in [0.29, 0.717) is 34.6 Å². The number of hydrogen-bond donors (Lipinski definition) is 2. The van der Waals surface area contributed by atoms with Gasteiger partial charge in [-0.3, -0.25) is 4.90 Å². The SMILES string of the molecule is Nc1nnc(-c2ccccc2O)cc1N1CC2CCC(C1)N2c1ccnc(C#CCN2CCC3(CCC3)C2)c1. The summed E-state index contributed by atoms with van der Waals surface area (Å²) in [6.07, 6.45) is 9.70. The molecule has 4 fully saturated rings. The lowest BCUT2D eigenvalue weighted by Crippen LogP contribution is -2.54. The number of nitrogens with two attached hydrogens (primary N) is 1. The first-order valence-corrected chi connectivity index (χ1v) is 14.2. The van der Waals surface area contributed by atoms with Crippen molar-refractivity contribution in [2.24, 2.45) is 5.41 Å². The van der Waals surface area contributed by atoms with Crippen LogP contribution in [0.4, 0.5) is 17.2 Å². The van der Waals surface area contributed by atoms with Crippen LogP contribution in [0.5, 0.6) is 5.75 Å². The molecule has 0 amide bonds. The van der Waals surface area contributed by atoms with Crippen molar-refractivity contribution in [1.29, 1.82) is 0 Å². The number of aromatic nitrogens is 3. The predicted molar refractivity (Wildman–Crippen MR) is 154 cm³/mol. The molecule has 3 aliphatic heterocycles. The molecule has 1 aromatic carbocycles.